The van der Waals surface area contributed by atoms with Crippen LogP contribution in [0, 0.1) is 5.82 Å². The largest absolute Gasteiger partial charge is 0.489 e. The Morgan fingerprint density at radius 3 is 2.78 bits per heavy atom. The third-order valence-electron chi connectivity index (χ3n) is 2.68. The van der Waals surface area contributed by atoms with E-state index >= 15 is 0 Å². The highest BCUT2D eigenvalue weighted by Gasteiger charge is 2.11. The van der Waals surface area contributed by atoms with Crippen LogP contribution in [0.3, 0.4) is 0 Å². The summed E-state index contributed by atoms with van der Waals surface area (Å²) >= 11 is 0. The van der Waals surface area contributed by atoms with Crippen molar-refractivity contribution in [2.45, 2.75) is 33.7 Å². The fraction of sp³-hybridized carbons (Fsp3) is 0.467. The third-order valence-corrected chi connectivity index (χ3v) is 2.68. The lowest BCUT2D eigenvalue weighted by Crippen LogP contribution is -2.18. The monoisotopic (exact) mass is 251 g/mol. The Morgan fingerprint density at radius 2 is 2.17 bits per heavy atom. The van der Waals surface area contributed by atoms with Crippen molar-refractivity contribution in [2.75, 3.05) is 13.2 Å². The van der Waals surface area contributed by atoms with Crippen molar-refractivity contribution in [3.8, 4) is 5.75 Å². The zero-order chi connectivity index (χ0) is 13.5. The highest BCUT2D eigenvalue weighted by molar-refractivity contribution is 5.36. The lowest BCUT2D eigenvalue weighted by Gasteiger charge is -2.17. The molecular weight excluding hydrogens is 229 g/mol. The second-order valence-corrected chi connectivity index (χ2v) is 4.55. The molecule has 100 valence electrons. The van der Waals surface area contributed by atoms with E-state index in [1.807, 2.05) is 33.8 Å². The fourth-order valence-corrected chi connectivity index (χ4v) is 1.71. The number of hydrogen-bond acceptors (Lipinski definition) is 2. The molecule has 1 N–H and O–H groups in total. The highest BCUT2D eigenvalue weighted by atomic mass is 19.1. The van der Waals surface area contributed by atoms with Gasteiger partial charge in [-0.2, -0.15) is 0 Å². The van der Waals surface area contributed by atoms with Gasteiger partial charge in [-0.25, -0.2) is 4.39 Å². The summed E-state index contributed by atoms with van der Waals surface area (Å²) in [5.41, 5.74) is 2.17. The van der Waals surface area contributed by atoms with Gasteiger partial charge in [0.1, 0.15) is 18.2 Å². The minimum Gasteiger partial charge on any atom is -0.489 e. The maximum absolute atomic E-state index is 13.3. The molecule has 0 aliphatic rings. The van der Waals surface area contributed by atoms with Crippen LogP contribution >= 0.6 is 0 Å². The molecule has 0 aliphatic heterocycles. The zero-order valence-corrected chi connectivity index (χ0v) is 11.6. The number of allylic oxidation sites excluding steroid dienone is 1. The molecule has 0 heterocycles. The summed E-state index contributed by atoms with van der Waals surface area (Å²) in [6, 6.07) is 4.84. The van der Waals surface area contributed by atoms with Crippen LogP contribution in [-0.2, 0) is 0 Å². The van der Waals surface area contributed by atoms with Crippen molar-refractivity contribution < 1.29 is 9.13 Å². The molecule has 0 radical (unpaired) electrons. The standard InChI is InChI=1S/C15H22FNO/c1-5-17-12(4)14-7-6-13(16)10-15(14)18-9-8-11(2)3/h6-8,10,12,17H,5,9H2,1-4H3. The van der Waals surface area contributed by atoms with Gasteiger partial charge in [0.25, 0.3) is 0 Å². The van der Waals surface area contributed by atoms with Crippen LogP contribution in [0.4, 0.5) is 4.39 Å². The number of hydrogen-bond donors (Lipinski definition) is 1. The van der Waals surface area contributed by atoms with Crippen LogP contribution in [-0.4, -0.2) is 13.2 Å². The molecule has 3 heteroatoms. The highest BCUT2D eigenvalue weighted by Crippen LogP contribution is 2.26. The van der Waals surface area contributed by atoms with E-state index in [2.05, 4.69) is 5.32 Å². The zero-order valence-electron chi connectivity index (χ0n) is 11.6. The van der Waals surface area contributed by atoms with Gasteiger partial charge in [0.2, 0.25) is 0 Å². The van der Waals surface area contributed by atoms with Crippen LogP contribution in [0.15, 0.2) is 29.8 Å². The summed E-state index contributed by atoms with van der Waals surface area (Å²) in [4.78, 5) is 0. The quantitative estimate of drug-likeness (QED) is 0.776. The molecule has 1 aromatic rings. The molecular formula is C15H22FNO. The van der Waals surface area contributed by atoms with E-state index in [-0.39, 0.29) is 11.9 Å². The molecule has 1 unspecified atom stereocenters. The average Bonchev–Trinajstić information content (AvgIpc) is 2.29. The van der Waals surface area contributed by atoms with Gasteiger partial charge in [0.05, 0.1) is 0 Å². The Hall–Kier alpha value is -1.35. The predicted octanol–water partition coefficient (Wildman–Crippen LogP) is 3.84. The van der Waals surface area contributed by atoms with E-state index in [4.69, 9.17) is 4.74 Å². The van der Waals surface area contributed by atoms with Crippen molar-refractivity contribution in [2.24, 2.45) is 0 Å². The molecule has 0 bridgehead atoms. The second kappa shape index (κ2) is 7.17. The first-order valence-corrected chi connectivity index (χ1v) is 6.33. The van der Waals surface area contributed by atoms with Crippen LogP contribution in [0.1, 0.15) is 39.3 Å². The van der Waals surface area contributed by atoms with E-state index in [0.29, 0.717) is 12.4 Å². The van der Waals surface area contributed by atoms with E-state index in [1.54, 1.807) is 6.07 Å². The Morgan fingerprint density at radius 1 is 1.44 bits per heavy atom. The predicted molar refractivity (Wildman–Crippen MR) is 73.4 cm³/mol. The summed E-state index contributed by atoms with van der Waals surface area (Å²) in [6.45, 7) is 9.45. The van der Waals surface area contributed by atoms with Gasteiger partial charge >= 0.3 is 0 Å². The first-order chi connectivity index (χ1) is 8.54. The number of halogens is 1. The Kier molecular flexibility index (Phi) is 5.86. The summed E-state index contributed by atoms with van der Waals surface area (Å²) in [7, 11) is 0. The molecule has 1 aromatic carbocycles. The molecule has 0 spiro atoms. The van der Waals surface area contributed by atoms with E-state index < -0.39 is 0 Å². The van der Waals surface area contributed by atoms with Gasteiger partial charge in [-0.1, -0.05) is 18.6 Å². The van der Waals surface area contributed by atoms with Crippen LogP contribution in [0.2, 0.25) is 0 Å². The topological polar surface area (TPSA) is 21.3 Å². The number of nitrogens with one attached hydrogen (secondary N) is 1. The van der Waals surface area contributed by atoms with Gasteiger partial charge < -0.3 is 10.1 Å². The van der Waals surface area contributed by atoms with Gasteiger partial charge in [-0.15, -0.1) is 0 Å². The lowest BCUT2D eigenvalue weighted by atomic mass is 10.1. The SMILES string of the molecule is CCNC(C)c1ccc(F)cc1OCC=C(C)C. The van der Waals surface area contributed by atoms with Crippen LogP contribution < -0.4 is 10.1 Å². The molecule has 18 heavy (non-hydrogen) atoms. The number of ether oxygens (including phenoxy) is 1. The first-order valence-electron chi connectivity index (χ1n) is 6.33. The van der Waals surface area contributed by atoms with Crippen molar-refractivity contribution >= 4 is 0 Å². The van der Waals surface area contributed by atoms with Gasteiger partial charge in [-0.3, -0.25) is 0 Å². The minimum absolute atomic E-state index is 0.150. The van der Waals surface area contributed by atoms with Gasteiger partial charge in [-0.05, 0) is 39.5 Å². The molecule has 1 rings (SSSR count). The third kappa shape index (κ3) is 4.49. The fourth-order valence-electron chi connectivity index (χ4n) is 1.71. The van der Waals surface area contributed by atoms with Gasteiger partial charge in [0, 0.05) is 17.7 Å². The summed E-state index contributed by atoms with van der Waals surface area (Å²) < 4.78 is 18.9. The van der Waals surface area contributed by atoms with Crippen molar-refractivity contribution in [1.82, 2.24) is 5.32 Å². The Labute approximate surface area is 109 Å². The smallest absolute Gasteiger partial charge is 0.127 e. The van der Waals surface area contributed by atoms with E-state index in [9.17, 15) is 4.39 Å². The Bertz CT molecular complexity index is 411. The lowest BCUT2D eigenvalue weighted by molar-refractivity contribution is 0.351. The van der Waals surface area contributed by atoms with Crippen molar-refractivity contribution in [3.63, 3.8) is 0 Å². The van der Waals surface area contributed by atoms with Crippen LogP contribution in [0.5, 0.6) is 5.75 Å². The molecule has 0 fully saturated rings. The minimum atomic E-state index is -0.269. The van der Waals surface area contributed by atoms with Gasteiger partial charge in [0.15, 0.2) is 0 Å². The Balaban J connectivity index is 2.86. The molecule has 0 aliphatic carbocycles. The summed E-state index contributed by atoms with van der Waals surface area (Å²) in [5.74, 6) is 0.343. The average molecular weight is 251 g/mol. The maximum atomic E-state index is 13.3. The van der Waals surface area contributed by atoms with E-state index in [1.165, 1.54) is 17.7 Å². The number of rotatable bonds is 6. The molecule has 0 aromatic heterocycles. The molecule has 1 atom stereocenters. The van der Waals surface area contributed by atoms with Crippen molar-refractivity contribution in [1.29, 1.82) is 0 Å². The van der Waals surface area contributed by atoms with Crippen LogP contribution in [0.25, 0.3) is 0 Å². The molecule has 0 amide bonds. The maximum Gasteiger partial charge on any atom is 0.127 e. The summed E-state index contributed by atoms with van der Waals surface area (Å²) in [5, 5.41) is 3.30. The van der Waals surface area contributed by atoms with Crippen molar-refractivity contribution in [3.05, 3.63) is 41.2 Å². The molecule has 0 saturated carbocycles. The normalized spacial score (nSPS) is 12.1. The number of benzene rings is 1. The molecule has 2 nitrogen and oxygen atoms in total. The summed E-state index contributed by atoms with van der Waals surface area (Å²) in [6.07, 6.45) is 1.98. The first kappa shape index (κ1) is 14.7. The second-order valence-electron chi connectivity index (χ2n) is 4.55. The van der Waals surface area contributed by atoms with E-state index in [0.717, 1.165) is 12.1 Å². The molecule has 0 saturated heterocycles.